The summed E-state index contributed by atoms with van der Waals surface area (Å²) >= 11 is 0. The van der Waals surface area contributed by atoms with E-state index in [0.29, 0.717) is 0 Å². The molecule has 0 aromatic heterocycles. The Morgan fingerprint density at radius 1 is 1.10 bits per heavy atom. The normalized spacial score (nSPS) is 17.3. The van der Waals surface area contributed by atoms with Crippen molar-refractivity contribution in [3.63, 3.8) is 0 Å². The van der Waals surface area contributed by atoms with Gasteiger partial charge < -0.3 is 14.8 Å². The van der Waals surface area contributed by atoms with Crippen LogP contribution in [0.5, 0.6) is 0 Å². The minimum Gasteiger partial charge on any atom is -0.419 e. The Kier molecular flexibility index (Phi) is 3.53. The van der Waals surface area contributed by atoms with Crippen molar-refractivity contribution in [2.45, 2.75) is 33.5 Å². The number of carbonyl (C=O) groups excluding carboxylic acids is 2. The van der Waals surface area contributed by atoms with E-state index < -0.39 is 17.7 Å². The van der Waals surface area contributed by atoms with Crippen LogP contribution >= 0.6 is 0 Å². The van der Waals surface area contributed by atoms with E-state index in [4.69, 9.17) is 9.47 Å². The smallest absolute Gasteiger partial charge is 0.350 e. The van der Waals surface area contributed by atoms with Crippen molar-refractivity contribution in [2.24, 2.45) is 0 Å². The molecule has 0 spiro atoms. The summed E-state index contributed by atoms with van der Waals surface area (Å²) in [7, 11) is 0. The summed E-state index contributed by atoms with van der Waals surface area (Å²) in [6.07, 6.45) is 1.32. The summed E-state index contributed by atoms with van der Waals surface area (Å²) in [4.78, 5) is 23.5. The number of anilines is 1. The number of hydrogen-bond acceptors (Lipinski definition) is 5. The first-order valence-corrected chi connectivity index (χ1v) is 6.29. The number of rotatable bonds is 2. The molecule has 0 saturated carbocycles. The van der Waals surface area contributed by atoms with Crippen molar-refractivity contribution >= 4 is 17.6 Å². The molecule has 1 heterocycles. The minimum atomic E-state index is -1.22. The molecule has 0 bridgehead atoms. The lowest BCUT2D eigenvalue weighted by atomic mass is 10.1. The standard InChI is InChI=1S/C15H17NO4/c1-9-5-6-12(10(2)7-9)16-8-11-13(17)19-15(3,4)20-14(11)18/h5-8,16H,1-4H3. The van der Waals surface area contributed by atoms with Crippen LogP contribution in [0.4, 0.5) is 5.69 Å². The predicted molar refractivity (Wildman–Crippen MR) is 73.9 cm³/mol. The second kappa shape index (κ2) is 5.00. The fourth-order valence-electron chi connectivity index (χ4n) is 1.90. The Balaban J connectivity index is 2.19. The lowest BCUT2D eigenvalue weighted by Crippen LogP contribution is -2.42. The monoisotopic (exact) mass is 275 g/mol. The molecule has 1 saturated heterocycles. The Labute approximate surface area is 117 Å². The summed E-state index contributed by atoms with van der Waals surface area (Å²) in [5.41, 5.74) is 2.82. The lowest BCUT2D eigenvalue weighted by molar-refractivity contribution is -0.222. The molecule has 1 aromatic rings. The van der Waals surface area contributed by atoms with E-state index >= 15 is 0 Å². The van der Waals surface area contributed by atoms with Crippen LogP contribution in [0, 0.1) is 13.8 Å². The average molecular weight is 275 g/mol. The van der Waals surface area contributed by atoms with Crippen molar-refractivity contribution in [1.29, 1.82) is 0 Å². The van der Waals surface area contributed by atoms with Gasteiger partial charge in [-0.15, -0.1) is 0 Å². The van der Waals surface area contributed by atoms with E-state index in [1.807, 2.05) is 32.0 Å². The fraction of sp³-hybridized carbons (Fsp3) is 0.333. The molecule has 5 nitrogen and oxygen atoms in total. The minimum absolute atomic E-state index is 0.149. The van der Waals surface area contributed by atoms with Gasteiger partial charge in [-0.2, -0.15) is 0 Å². The molecule has 1 N–H and O–H groups in total. The van der Waals surface area contributed by atoms with Crippen molar-refractivity contribution in [3.05, 3.63) is 41.1 Å². The zero-order chi connectivity index (χ0) is 14.9. The maximum Gasteiger partial charge on any atom is 0.350 e. The van der Waals surface area contributed by atoms with E-state index in [9.17, 15) is 9.59 Å². The predicted octanol–water partition coefficient (Wildman–Crippen LogP) is 2.44. The van der Waals surface area contributed by atoms with Crippen LogP contribution in [-0.4, -0.2) is 17.7 Å². The van der Waals surface area contributed by atoms with Crippen molar-refractivity contribution in [1.82, 2.24) is 0 Å². The van der Waals surface area contributed by atoms with Crippen molar-refractivity contribution in [2.75, 3.05) is 5.32 Å². The molecule has 20 heavy (non-hydrogen) atoms. The number of cyclic esters (lactones) is 2. The third kappa shape index (κ3) is 2.99. The molecule has 1 aliphatic heterocycles. The Morgan fingerprint density at radius 3 is 2.25 bits per heavy atom. The highest BCUT2D eigenvalue weighted by Gasteiger charge is 2.38. The second-order valence-corrected chi connectivity index (χ2v) is 5.20. The molecule has 0 radical (unpaired) electrons. The summed E-state index contributed by atoms with van der Waals surface area (Å²) in [5, 5.41) is 2.93. The molecule has 0 atom stereocenters. The van der Waals surface area contributed by atoms with Gasteiger partial charge in [-0.05, 0) is 25.5 Å². The number of benzene rings is 1. The zero-order valence-electron chi connectivity index (χ0n) is 11.9. The van der Waals surface area contributed by atoms with Crippen LogP contribution < -0.4 is 5.32 Å². The molecule has 106 valence electrons. The number of carbonyl (C=O) groups is 2. The zero-order valence-corrected chi connectivity index (χ0v) is 11.9. The maximum atomic E-state index is 11.7. The molecule has 1 aliphatic rings. The van der Waals surface area contributed by atoms with Gasteiger partial charge in [-0.1, -0.05) is 17.7 Å². The van der Waals surface area contributed by atoms with Gasteiger partial charge in [0.05, 0.1) is 0 Å². The molecule has 1 fully saturated rings. The molecular formula is C15H17NO4. The summed E-state index contributed by atoms with van der Waals surface area (Å²) in [6, 6.07) is 5.82. The quantitative estimate of drug-likeness (QED) is 0.510. The molecule has 5 heteroatoms. The van der Waals surface area contributed by atoms with Crippen LogP contribution in [0.3, 0.4) is 0 Å². The number of nitrogens with one attached hydrogen (secondary N) is 1. The Bertz CT molecular complexity index is 580. The van der Waals surface area contributed by atoms with E-state index in [0.717, 1.165) is 16.8 Å². The van der Waals surface area contributed by atoms with Gasteiger partial charge >= 0.3 is 11.9 Å². The van der Waals surface area contributed by atoms with Crippen LogP contribution in [-0.2, 0) is 19.1 Å². The van der Waals surface area contributed by atoms with Gasteiger partial charge in [0, 0.05) is 25.7 Å². The van der Waals surface area contributed by atoms with Crippen LogP contribution in [0.25, 0.3) is 0 Å². The van der Waals surface area contributed by atoms with Crippen molar-refractivity contribution < 1.29 is 19.1 Å². The van der Waals surface area contributed by atoms with Crippen LogP contribution in [0.15, 0.2) is 30.0 Å². The summed E-state index contributed by atoms with van der Waals surface area (Å²) in [6.45, 7) is 6.95. The maximum absolute atomic E-state index is 11.7. The first kappa shape index (κ1) is 14.1. The largest absolute Gasteiger partial charge is 0.419 e. The summed E-state index contributed by atoms with van der Waals surface area (Å²) in [5.74, 6) is -2.60. The van der Waals surface area contributed by atoms with Gasteiger partial charge in [-0.3, -0.25) is 0 Å². The molecular weight excluding hydrogens is 258 g/mol. The van der Waals surface area contributed by atoms with Gasteiger partial charge in [0.1, 0.15) is 0 Å². The summed E-state index contributed by atoms with van der Waals surface area (Å²) < 4.78 is 10.0. The van der Waals surface area contributed by atoms with E-state index in [-0.39, 0.29) is 5.57 Å². The molecule has 2 rings (SSSR count). The number of hydrogen-bond donors (Lipinski definition) is 1. The van der Waals surface area contributed by atoms with Gasteiger partial charge in [0.25, 0.3) is 5.79 Å². The number of aryl methyl sites for hydroxylation is 2. The van der Waals surface area contributed by atoms with Crippen LogP contribution in [0.2, 0.25) is 0 Å². The van der Waals surface area contributed by atoms with Gasteiger partial charge in [0.15, 0.2) is 5.57 Å². The van der Waals surface area contributed by atoms with Gasteiger partial charge in [-0.25, -0.2) is 9.59 Å². The molecule has 0 amide bonds. The average Bonchev–Trinajstić information content (AvgIpc) is 2.28. The van der Waals surface area contributed by atoms with Crippen molar-refractivity contribution in [3.8, 4) is 0 Å². The first-order chi connectivity index (χ1) is 9.28. The Morgan fingerprint density at radius 2 is 1.70 bits per heavy atom. The topological polar surface area (TPSA) is 64.6 Å². The van der Waals surface area contributed by atoms with Crippen LogP contribution in [0.1, 0.15) is 25.0 Å². The molecule has 0 aliphatic carbocycles. The third-order valence-corrected chi connectivity index (χ3v) is 2.87. The van der Waals surface area contributed by atoms with E-state index in [2.05, 4.69) is 5.32 Å². The van der Waals surface area contributed by atoms with Gasteiger partial charge in [0.2, 0.25) is 0 Å². The molecule has 0 unspecified atom stereocenters. The highest BCUT2D eigenvalue weighted by atomic mass is 16.7. The first-order valence-electron chi connectivity index (χ1n) is 6.29. The Hall–Kier alpha value is -2.30. The SMILES string of the molecule is Cc1ccc(NC=C2C(=O)OC(C)(C)OC2=O)c(C)c1. The third-order valence-electron chi connectivity index (χ3n) is 2.87. The van der Waals surface area contributed by atoms with E-state index in [1.54, 1.807) is 0 Å². The second-order valence-electron chi connectivity index (χ2n) is 5.20. The highest BCUT2D eigenvalue weighted by Crippen LogP contribution is 2.23. The number of ether oxygens (including phenoxy) is 2. The fourth-order valence-corrected chi connectivity index (χ4v) is 1.90. The number of esters is 2. The highest BCUT2D eigenvalue weighted by molar-refractivity contribution is 6.15. The molecule has 1 aromatic carbocycles. The lowest BCUT2D eigenvalue weighted by Gasteiger charge is -2.29. The van der Waals surface area contributed by atoms with E-state index in [1.165, 1.54) is 20.0 Å².